The van der Waals surface area contributed by atoms with E-state index in [4.69, 9.17) is 5.11 Å². The second-order valence-corrected chi connectivity index (χ2v) is 4.93. The number of hydrogen-bond donors (Lipinski definition) is 1. The Balaban J connectivity index is 2.15. The number of nitrogens with zero attached hydrogens (tertiary/aromatic N) is 1. The molecule has 0 fully saturated rings. The van der Waals surface area contributed by atoms with Gasteiger partial charge in [0.15, 0.2) is 0 Å². The molecule has 3 heteroatoms. The van der Waals surface area contributed by atoms with Crippen molar-refractivity contribution in [3.63, 3.8) is 0 Å². The van der Waals surface area contributed by atoms with Crippen LogP contribution in [0.3, 0.4) is 0 Å². The maximum absolute atomic E-state index is 11.6. The lowest BCUT2D eigenvalue weighted by Gasteiger charge is -2.39. The topological polar surface area (TPSA) is 40.5 Å². The van der Waals surface area contributed by atoms with Gasteiger partial charge in [-0.25, -0.2) is 0 Å². The molecule has 3 nitrogen and oxygen atoms in total. The van der Waals surface area contributed by atoms with Crippen molar-refractivity contribution in [1.29, 1.82) is 0 Å². The second-order valence-electron chi connectivity index (χ2n) is 4.93. The highest BCUT2D eigenvalue weighted by Crippen LogP contribution is 2.34. The van der Waals surface area contributed by atoms with Crippen molar-refractivity contribution in [3.8, 4) is 0 Å². The molecule has 90 valence electrons. The van der Waals surface area contributed by atoms with Crippen LogP contribution in [0.25, 0.3) is 0 Å². The Kier molecular flexibility index (Phi) is 3.64. The molecule has 16 heavy (non-hydrogen) atoms. The van der Waals surface area contributed by atoms with Crippen molar-refractivity contribution in [2.45, 2.75) is 51.5 Å². The molecule has 0 radical (unpaired) electrons. The Labute approximate surface area is 97.1 Å². The molecule has 1 amide bonds. The van der Waals surface area contributed by atoms with E-state index in [9.17, 15) is 4.79 Å². The lowest BCUT2D eigenvalue weighted by molar-refractivity contribution is -0.131. The van der Waals surface area contributed by atoms with E-state index in [1.54, 1.807) is 12.5 Å². The third-order valence-corrected chi connectivity index (χ3v) is 3.86. The molecule has 1 heterocycles. The zero-order valence-corrected chi connectivity index (χ0v) is 10.0. The van der Waals surface area contributed by atoms with Gasteiger partial charge >= 0.3 is 0 Å². The number of hydrogen-bond acceptors (Lipinski definition) is 2. The van der Waals surface area contributed by atoms with Crippen LogP contribution in [-0.2, 0) is 4.79 Å². The number of carbonyl (C=O) groups is 1. The van der Waals surface area contributed by atoms with Crippen LogP contribution in [0.15, 0.2) is 11.1 Å². The molecule has 1 unspecified atom stereocenters. The number of rotatable bonds is 2. The average molecular weight is 223 g/mol. The Hall–Kier alpha value is -0.830. The van der Waals surface area contributed by atoms with Gasteiger partial charge in [0.25, 0.3) is 0 Å². The first-order chi connectivity index (χ1) is 7.72. The minimum atomic E-state index is 0.149. The molecule has 0 saturated heterocycles. The van der Waals surface area contributed by atoms with Crippen LogP contribution in [0.1, 0.15) is 45.4 Å². The fourth-order valence-corrected chi connectivity index (χ4v) is 2.97. The first kappa shape index (κ1) is 11.6. The highest BCUT2D eigenvalue weighted by Gasteiger charge is 2.29. The SMILES string of the molecule is CC(=O)N1CC2=C(CCCC2)CC1CCO. The predicted octanol–water partition coefficient (Wildman–Crippen LogP) is 1.86. The lowest BCUT2D eigenvalue weighted by Crippen LogP contribution is -2.44. The predicted molar refractivity (Wildman–Crippen MR) is 63.0 cm³/mol. The van der Waals surface area contributed by atoms with Crippen LogP contribution in [0.4, 0.5) is 0 Å². The first-order valence-electron chi connectivity index (χ1n) is 6.30. The zero-order chi connectivity index (χ0) is 11.5. The van der Waals surface area contributed by atoms with Gasteiger partial charge in [0.1, 0.15) is 0 Å². The van der Waals surface area contributed by atoms with Crippen molar-refractivity contribution in [1.82, 2.24) is 4.90 Å². The summed E-state index contributed by atoms with van der Waals surface area (Å²) in [5, 5.41) is 9.06. The van der Waals surface area contributed by atoms with Crippen LogP contribution < -0.4 is 0 Å². The average Bonchev–Trinajstić information content (AvgIpc) is 2.28. The Morgan fingerprint density at radius 2 is 2.06 bits per heavy atom. The Bertz CT molecular complexity index is 309. The standard InChI is InChI=1S/C13H21NO2/c1-10(16)14-9-12-5-3-2-4-11(12)8-13(14)6-7-15/h13,15H,2-9H2,1H3. The second kappa shape index (κ2) is 5.00. The third-order valence-electron chi connectivity index (χ3n) is 3.86. The molecule has 0 aromatic heterocycles. The van der Waals surface area contributed by atoms with Crippen LogP contribution >= 0.6 is 0 Å². The van der Waals surface area contributed by atoms with Gasteiger partial charge in [-0.15, -0.1) is 0 Å². The molecule has 0 aromatic carbocycles. The fourth-order valence-electron chi connectivity index (χ4n) is 2.97. The fraction of sp³-hybridized carbons (Fsp3) is 0.769. The van der Waals surface area contributed by atoms with E-state index in [1.807, 2.05) is 4.90 Å². The Morgan fingerprint density at radius 1 is 1.38 bits per heavy atom. The summed E-state index contributed by atoms with van der Waals surface area (Å²) < 4.78 is 0. The summed E-state index contributed by atoms with van der Waals surface area (Å²) in [6.07, 6.45) is 6.67. The quantitative estimate of drug-likeness (QED) is 0.726. The van der Waals surface area contributed by atoms with Crippen molar-refractivity contribution < 1.29 is 9.90 Å². The molecule has 2 rings (SSSR count). The van der Waals surface area contributed by atoms with Gasteiger partial charge in [0, 0.05) is 26.1 Å². The maximum atomic E-state index is 11.6. The summed E-state index contributed by atoms with van der Waals surface area (Å²) >= 11 is 0. The van der Waals surface area contributed by atoms with E-state index < -0.39 is 0 Å². The van der Waals surface area contributed by atoms with E-state index in [1.165, 1.54) is 31.3 Å². The summed E-state index contributed by atoms with van der Waals surface area (Å²) in [5.74, 6) is 0.149. The summed E-state index contributed by atoms with van der Waals surface area (Å²) in [7, 11) is 0. The third kappa shape index (κ3) is 2.29. The molecular formula is C13H21NO2. The monoisotopic (exact) mass is 223 g/mol. The molecular weight excluding hydrogens is 202 g/mol. The number of carbonyl (C=O) groups excluding carboxylic acids is 1. The summed E-state index contributed by atoms with van der Waals surface area (Å²) in [5.41, 5.74) is 3.07. The molecule has 0 bridgehead atoms. The van der Waals surface area contributed by atoms with Gasteiger partial charge in [-0.2, -0.15) is 0 Å². The highest BCUT2D eigenvalue weighted by molar-refractivity contribution is 5.74. The van der Waals surface area contributed by atoms with Crippen molar-refractivity contribution >= 4 is 5.91 Å². The lowest BCUT2D eigenvalue weighted by atomic mass is 9.83. The van der Waals surface area contributed by atoms with E-state index in [0.29, 0.717) is 0 Å². The van der Waals surface area contributed by atoms with Crippen LogP contribution in [-0.4, -0.2) is 35.1 Å². The molecule has 1 aliphatic carbocycles. The zero-order valence-electron chi connectivity index (χ0n) is 10.0. The summed E-state index contributed by atoms with van der Waals surface area (Å²) in [6.45, 7) is 2.63. The number of aliphatic hydroxyl groups is 1. The highest BCUT2D eigenvalue weighted by atomic mass is 16.3. The smallest absolute Gasteiger partial charge is 0.219 e. The van der Waals surface area contributed by atoms with Gasteiger partial charge in [-0.3, -0.25) is 4.79 Å². The largest absolute Gasteiger partial charge is 0.396 e. The van der Waals surface area contributed by atoms with Crippen molar-refractivity contribution in [3.05, 3.63) is 11.1 Å². The Morgan fingerprint density at radius 3 is 2.69 bits per heavy atom. The number of aliphatic hydroxyl groups excluding tert-OH is 1. The van der Waals surface area contributed by atoms with Crippen molar-refractivity contribution in [2.75, 3.05) is 13.2 Å². The van der Waals surface area contributed by atoms with E-state index in [2.05, 4.69) is 0 Å². The normalized spacial score (nSPS) is 25.6. The van der Waals surface area contributed by atoms with Gasteiger partial charge in [0.05, 0.1) is 0 Å². The van der Waals surface area contributed by atoms with Gasteiger partial charge < -0.3 is 10.0 Å². The molecule has 0 spiro atoms. The van der Waals surface area contributed by atoms with Crippen LogP contribution in [0.2, 0.25) is 0 Å². The molecule has 0 aromatic rings. The summed E-state index contributed by atoms with van der Waals surface area (Å²) in [6, 6.07) is 0.236. The van der Waals surface area contributed by atoms with Crippen LogP contribution in [0, 0.1) is 0 Å². The molecule has 1 aliphatic heterocycles. The molecule has 2 aliphatic rings. The molecule has 1 N–H and O–H groups in total. The maximum Gasteiger partial charge on any atom is 0.219 e. The van der Waals surface area contributed by atoms with E-state index in [-0.39, 0.29) is 18.6 Å². The van der Waals surface area contributed by atoms with Gasteiger partial charge in [-0.05, 0) is 38.5 Å². The van der Waals surface area contributed by atoms with E-state index in [0.717, 1.165) is 19.4 Å². The summed E-state index contributed by atoms with van der Waals surface area (Å²) in [4.78, 5) is 13.5. The molecule has 1 atom stereocenters. The van der Waals surface area contributed by atoms with E-state index >= 15 is 0 Å². The minimum absolute atomic E-state index is 0.149. The number of amides is 1. The molecule has 0 saturated carbocycles. The van der Waals surface area contributed by atoms with Crippen LogP contribution in [0.5, 0.6) is 0 Å². The van der Waals surface area contributed by atoms with Gasteiger partial charge in [0.2, 0.25) is 5.91 Å². The minimum Gasteiger partial charge on any atom is -0.396 e. The van der Waals surface area contributed by atoms with Gasteiger partial charge in [-0.1, -0.05) is 11.1 Å². The first-order valence-corrected chi connectivity index (χ1v) is 6.30. The van der Waals surface area contributed by atoms with Crippen molar-refractivity contribution in [2.24, 2.45) is 0 Å².